The first-order valence-electron chi connectivity index (χ1n) is 7.83. The molecule has 0 saturated carbocycles. The molecule has 3 aromatic carbocycles. The summed E-state index contributed by atoms with van der Waals surface area (Å²) in [5.74, 6) is 0. The fourth-order valence-electron chi connectivity index (χ4n) is 3.27. The highest BCUT2D eigenvalue weighted by molar-refractivity contribution is 5.40. The quantitative estimate of drug-likeness (QED) is 0.725. The van der Waals surface area contributed by atoms with Crippen molar-refractivity contribution in [2.75, 3.05) is 0 Å². The van der Waals surface area contributed by atoms with Crippen LogP contribution in [-0.2, 0) is 10.3 Å². The minimum Gasteiger partial charge on any atom is -0.385 e. The molecule has 0 unspecified atom stereocenters. The SMILES string of the molecule is O[C@H](c1ccccc1)[C@@]1(c2ccccc2)O[C@@H]1c1ccccc1. The van der Waals surface area contributed by atoms with Crippen LogP contribution in [0.25, 0.3) is 0 Å². The van der Waals surface area contributed by atoms with Gasteiger partial charge >= 0.3 is 0 Å². The van der Waals surface area contributed by atoms with Crippen LogP contribution in [0, 0.1) is 0 Å². The summed E-state index contributed by atoms with van der Waals surface area (Å²) in [6, 6.07) is 29.8. The predicted octanol–water partition coefficient (Wildman–Crippen LogP) is 4.39. The Hall–Kier alpha value is -2.42. The summed E-state index contributed by atoms with van der Waals surface area (Å²) in [4.78, 5) is 0. The second-order valence-corrected chi connectivity index (χ2v) is 5.88. The molecule has 1 N–H and O–H groups in total. The number of hydrogen-bond donors (Lipinski definition) is 1. The molecular formula is C21H18O2. The van der Waals surface area contributed by atoms with Crippen LogP contribution in [-0.4, -0.2) is 5.11 Å². The summed E-state index contributed by atoms with van der Waals surface area (Å²) in [5.41, 5.74) is 2.25. The Morgan fingerprint density at radius 3 is 1.87 bits per heavy atom. The van der Waals surface area contributed by atoms with Gasteiger partial charge in [0.2, 0.25) is 0 Å². The molecule has 23 heavy (non-hydrogen) atoms. The van der Waals surface area contributed by atoms with Gasteiger partial charge in [-0.25, -0.2) is 0 Å². The second-order valence-electron chi connectivity index (χ2n) is 5.88. The van der Waals surface area contributed by atoms with E-state index < -0.39 is 11.7 Å². The predicted molar refractivity (Wildman–Crippen MR) is 89.8 cm³/mol. The molecule has 3 aromatic rings. The highest BCUT2D eigenvalue weighted by atomic mass is 16.6. The molecule has 4 rings (SSSR count). The maximum absolute atomic E-state index is 11.1. The summed E-state index contributed by atoms with van der Waals surface area (Å²) >= 11 is 0. The van der Waals surface area contributed by atoms with Gasteiger partial charge in [-0.2, -0.15) is 0 Å². The minimum absolute atomic E-state index is 0.138. The van der Waals surface area contributed by atoms with E-state index in [1.54, 1.807) is 0 Å². The molecule has 0 amide bonds. The van der Waals surface area contributed by atoms with E-state index in [4.69, 9.17) is 4.74 Å². The molecule has 1 aliphatic rings. The van der Waals surface area contributed by atoms with Gasteiger partial charge in [0.05, 0.1) is 0 Å². The van der Waals surface area contributed by atoms with Crippen molar-refractivity contribution in [1.82, 2.24) is 0 Å². The zero-order valence-electron chi connectivity index (χ0n) is 12.7. The summed E-state index contributed by atoms with van der Waals surface area (Å²) in [5, 5.41) is 11.1. The Morgan fingerprint density at radius 1 is 0.739 bits per heavy atom. The van der Waals surface area contributed by atoms with Gasteiger partial charge in [0.15, 0.2) is 5.60 Å². The second kappa shape index (κ2) is 5.65. The van der Waals surface area contributed by atoms with Crippen LogP contribution in [0.1, 0.15) is 28.9 Å². The number of benzene rings is 3. The van der Waals surface area contributed by atoms with Crippen molar-refractivity contribution >= 4 is 0 Å². The van der Waals surface area contributed by atoms with Crippen LogP contribution < -0.4 is 0 Å². The first-order chi connectivity index (χ1) is 11.3. The van der Waals surface area contributed by atoms with Gasteiger partial charge in [0.1, 0.15) is 12.2 Å². The topological polar surface area (TPSA) is 32.8 Å². The largest absolute Gasteiger partial charge is 0.385 e. The molecule has 1 aliphatic heterocycles. The van der Waals surface area contributed by atoms with Gasteiger partial charge in [-0.05, 0) is 16.7 Å². The van der Waals surface area contributed by atoms with Gasteiger partial charge in [0.25, 0.3) is 0 Å². The van der Waals surface area contributed by atoms with E-state index in [2.05, 4.69) is 0 Å². The molecule has 0 radical (unpaired) electrons. The molecule has 0 spiro atoms. The number of epoxide rings is 1. The molecule has 2 heteroatoms. The lowest BCUT2D eigenvalue weighted by Gasteiger charge is -2.21. The molecule has 114 valence electrons. The van der Waals surface area contributed by atoms with E-state index >= 15 is 0 Å². The van der Waals surface area contributed by atoms with Crippen molar-refractivity contribution in [3.8, 4) is 0 Å². The summed E-state index contributed by atoms with van der Waals surface area (Å²) in [6.45, 7) is 0. The Morgan fingerprint density at radius 2 is 1.26 bits per heavy atom. The smallest absolute Gasteiger partial charge is 0.154 e. The summed E-state index contributed by atoms with van der Waals surface area (Å²) in [6.07, 6.45) is -0.849. The molecule has 0 aliphatic carbocycles. The standard InChI is InChI=1S/C21H18O2/c22-19(16-10-4-1-5-11-16)21(18-14-8-3-9-15-18)20(23-21)17-12-6-2-7-13-17/h1-15,19-20,22H/t19-,20-,21-/m1/s1. The normalized spacial score (nSPS) is 24.1. The highest BCUT2D eigenvalue weighted by Gasteiger charge is 2.63. The Bertz CT molecular complexity index is 771. The molecule has 3 atom stereocenters. The lowest BCUT2D eigenvalue weighted by molar-refractivity contribution is 0.0730. The van der Waals surface area contributed by atoms with Crippen molar-refractivity contribution in [2.24, 2.45) is 0 Å². The van der Waals surface area contributed by atoms with Crippen LogP contribution >= 0.6 is 0 Å². The summed E-state index contributed by atoms with van der Waals surface area (Å²) < 4.78 is 6.14. The lowest BCUT2D eigenvalue weighted by Crippen LogP contribution is -2.21. The maximum atomic E-state index is 11.1. The molecular weight excluding hydrogens is 284 g/mol. The first-order valence-corrected chi connectivity index (χ1v) is 7.83. The first kappa shape index (κ1) is 14.2. The third kappa shape index (κ3) is 2.37. The van der Waals surface area contributed by atoms with Crippen LogP contribution in [0.5, 0.6) is 0 Å². The van der Waals surface area contributed by atoms with E-state index in [1.165, 1.54) is 0 Å². The van der Waals surface area contributed by atoms with E-state index in [0.717, 1.165) is 16.7 Å². The number of ether oxygens (including phenoxy) is 1. The summed E-state index contributed by atoms with van der Waals surface area (Å²) in [7, 11) is 0. The van der Waals surface area contributed by atoms with Crippen molar-refractivity contribution in [1.29, 1.82) is 0 Å². The average molecular weight is 302 g/mol. The van der Waals surface area contributed by atoms with Gasteiger partial charge in [-0.3, -0.25) is 0 Å². The number of hydrogen-bond acceptors (Lipinski definition) is 2. The van der Waals surface area contributed by atoms with Crippen molar-refractivity contribution < 1.29 is 9.84 Å². The zero-order chi connectivity index (χ0) is 15.7. The Kier molecular flexibility index (Phi) is 3.49. The zero-order valence-corrected chi connectivity index (χ0v) is 12.7. The third-order valence-electron chi connectivity index (χ3n) is 4.49. The fourth-order valence-corrected chi connectivity index (χ4v) is 3.27. The van der Waals surface area contributed by atoms with Gasteiger partial charge in [0, 0.05) is 0 Å². The minimum atomic E-state index is -0.718. The molecule has 1 heterocycles. The number of aliphatic hydroxyl groups excluding tert-OH is 1. The average Bonchev–Trinajstić information content (AvgIpc) is 3.40. The van der Waals surface area contributed by atoms with E-state index in [0.29, 0.717) is 0 Å². The van der Waals surface area contributed by atoms with Crippen LogP contribution in [0.2, 0.25) is 0 Å². The Labute approximate surface area is 136 Å². The molecule has 1 fully saturated rings. The molecule has 0 bridgehead atoms. The van der Waals surface area contributed by atoms with Crippen molar-refractivity contribution in [2.45, 2.75) is 17.8 Å². The molecule has 2 nitrogen and oxygen atoms in total. The van der Waals surface area contributed by atoms with Gasteiger partial charge < -0.3 is 9.84 Å². The third-order valence-corrected chi connectivity index (χ3v) is 4.49. The fraction of sp³-hybridized carbons (Fsp3) is 0.143. The van der Waals surface area contributed by atoms with Crippen LogP contribution in [0.3, 0.4) is 0 Å². The molecule has 0 aromatic heterocycles. The van der Waals surface area contributed by atoms with Gasteiger partial charge in [-0.15, -0.1) is 0 Å². The van der Waals surface area contributed by atoms with Crippen LogP contribution in [0.15, 0.2) is 91.0 Å². The van der Waals surface area contributed by atoms with Crippen molar-refractivity contribution in [3.63, 3.8) is 0 Å². The van der Waals surface area contributed by atoms with Crippen LogP contribution in [0.4, 0.5) is 0 Å². The maximum Gasteiger partial charge on any atom is 0.154 e. The van der Waals surface area contributed by atoms with E-state index in [1.807, 2.05) is 91.0 Å². The van der Waals surface area contributed by atoms with Gasteiger partial charge in [-0.1, -0.05) is 91.0 Å². The number of aliphatic hydroxyl groups is 1. The number of rotatable bonds is 4. The Balaban J connectivity index is 1.78. The van der Waals surface area contributed by atoms with E-state index in [9.17, 15) is 5.11 Å². The highest BCUT2D eigenvalue weighted by Crippen LogP contribution is 2.63. The monoisotopic (exact) mass is 302 g/mol. The molecule has 1 saturated heterocycles. The lowest BCUT2D eigenvalue weighted by atomic mass is 9.84. The van der Waals surface area contributed by atoms with E-state index in [-0.39, 0.29) is 6.10 Å². The van der Waals surface area contributed by atoms with Crippen molar-refractivity contribution in [3.05, 3.63) is 108 Å².